The summed E-state index contributed by atoms with van der Waals surface area (Å²) >= 11 is 0. The van der Waals surface area contributed by atoms with Crippen LogP contribution in [0, 0.1) is 0 Å². The third kappa shape index (κ3) is 1.69. The number of carbonyl (C=O) groups is 1. The van der Waals surface area contributed by atoms with Gasteiger partial charge in [-0.2, -0.15) is 0 Å². The van der Waals surface area contributed by atoms with Crippen LogP contribution < -0.4 is 4.90 Å². The van der Waals surface area contributed by atoms with Crippen LogP contribution in [0.1, 0.15) is 25.0 Å². The molecule has 0 saturated heterocycles. The van der Waals surface area contributed by atoms with Crippen LogP contribution in [0.2, 0.25) is 0 Å². The van der Waals surface area contributed by atoms with E-state index in [0.717, 1.165) is 23.5 Å². The van der Waals surface area contributed by atoms with Crippen LogP contribution in [-0.4, -0.2) is 28.5 Å². The third-order valence-electron chi connectivity index (χ3n) is 3.09. The molecule has 2 rings (SSSR count). The molecule has 0 bridgehead atoms. The summed E-state index contributed by atoms with van der Waals surface area (Å²) in [6, 6.07) is 1.78. The Morgan fingerprint density at radius 3 is 3.00 bits per heavy atom. The summed E-state index contributed by atoms with van der Waals surface area (Å²) in [6.07, 6.45) is 2.10. The van der Waals surface area contributed by atoms with Crippen molar-refractivity contribution in [1.29, 1.82) is 0 Å². The van der Waals surface area contributed by atoms with Gasteiger partial charge in [0.05, 0.1) is 12.6 Å². The number of anilines is 1. The number of aromatic nitrogens is 1. The van der Waals surface area contributed by atoms with Crippen molar-refractivity contribution in [2.45, 2.75) is 32.9 Å². The Bertz CT molecular complexity index is 417. The molecule has 2 heterocycles. The van der Waals surface area contributed by atoms with Crippen molar-refractivity contribution in [1.82, 2.24) is 4.98 Å². The summed E-state index contributed by atoms with van der Waals surface area (Å²) < 4.78 is 0. The lowest BCUT2D eigenvalue weighted by Gasteiger charge is -2.34. The molecular weight excluding hydrogens is 204 g/mol. The number of nitrogens with zero attached hydrogens (tertiary/aromatic N) is 2. The van der Waals surface area contributed by atoms with Gasteiger partial charge in [0.2, 0.25) is 0 Å². The molecule has 86 valence electrons. The maximum Gasteiger partial charge on any atom is 0.159 e. The summed E-state index contributed by atoms with van der Waals surface area (Å²) in [7, 11) is 0. The van der Waals surface area contributed by atoms with E-state index in [1.807, 2.05) is 24.8 Å². The van der Waals surface area contributed by atoms with Crippen LogP contribution in [0.5, 0.6) is 0 Å². The van der Waals surface area contributed by atoms with E-state index < -0.39 is 0 Å². The zero-order valence-electron chi connectivity index (χ0n) is 9.60. The molecule has 0 aromatic carbocycles. The van der Waals surface area contributed by atoms with Gasteiger partial charge in [-0.05, 0) is 25.5 Å². The number of hydrogen-bond acceptors (Lipinski definition) is 4. The highest BCUT2D eigenvalue weighted by Gasteiger charge is 2.29. The monoisotopic (exact) mass is 220 g/mol. The molecule has 0 amide bonds. The van der Waals surface area contributed by atoms with Gasteiger partial charge in [-0.25, -0.2) is 4.98 Å². The van der Waals surface area contributed by atoms with E-state index in [9.17, 15) is 4.79 Å². The standard InChI is InChI=1S/C12H16N2O2/c1-3-14-8(2)11(16)5-10-4-9(7-15)6-13-12(10)14/h4,6,8,15H,3,5,7H2,1-2H3/t8-/m0/s1. The Morgan fingerprint density at radius 2 is 2.38 bits per heavy atom. The number of likely N-dealkylation sites (N-methyl/N-ethyl adjacent to an activating group) is 1. The topological polar surface area (TPSA) is 53.4 Å². The van der Waals surface area contributed by atoms with Crippen LogP contribution >= 0.6 is 0 Å². The molecule has 0 aliphatic carbocycles. The molecule has 0 unspecified atom stereocenters. The van der Waals surface area contributed by atoms with Gasteiger partial charge >= 0.3 is 0 Å². The number of carbonyl (C=O) groups excluding carboxylic acids is 1. The molecule has 1 atom stereocenters. The maximum atomic E-state index is 11.8. The highest BCUT2D eigenvalue weighted by molar-refractivity contribution is 5.92. The lowest BCUT2D eigenvalue weighted by Crippen LogP contribution is -2.44. The van der Waals surface area contributed by atoms with E-state index in [2.05, 4.69) is 4.98 Å². The zero-order chi connectivity index (χ0) is 11.7. The second-order valence-electron chi connectivity index (χ2n) is 4.09. The Balaban J connectivity index is 2.46. The summed E-state index contributed by atoms with van der Waals surface area (Å²) in [5.74, 6) is 1.10. The summed E-state index contributed by atoms with van der Waals surface area (Å²) in [4.78, 5) is 18.1. The number of ketones is 1. The van der Waals surface area contributed by atoms with Crippen molar-refractivity contribution in [3.8, 4) is 0 Å². The van der Waals surface area contributed by atoms with Gasteiger partial charge in [0.25, 0.3) is 0 Å². The fourth-order valence-corrected chi connectivity index (χ4v) is 2.14. The summed E-state index contributed by atoms with van der Waals surface area (Å²) in [5.41, 5.74) is 1.69. The number of hydrogen-bond donors (Lipinski definition) is 1. The molecule has 4 nitrogen and oxygen atoms in total. The molecule has 1 aromatic rings. The van der Waals surface area contributed by atoms with Gasteiger partial charge in [-0.3, -0.25) is 4.79 Å². The normalized spacial score (nSPS) is 19.8. The number of aliphatic hydroxyl groups excluding tert-OH is 1. The minimum absolute atomic E-state index is 0.0316. The highest BCUT2D eigenvalue weighted by Crippen LogP contribution is 2.27. The molecule has 0 fully saturated rings. The fourth-order valence-electron chi connectivity index (χ4n) is 2.14. The first-order valence-electron chi connectivity index (χ1n) is 5.55. The van der Waals surface area contributed by atoms with Crippen molar-refractivity contribution >= 4 is 11.6 Å². The van der Waals surface area contributed by atoms with E-state index in [1.165, 1.54) is 0 Å². The number of aliphatic hydroxyl groups is 1. The lowest BCUT2D eigenvalue weighted by atomic mass is 9.97. The van der Waals surface area contributed by atoms with Crippen LogP contribution in [-0.2, 0) is 17.8 Å². The molecule has 1 aliphatic heterocycles. The number of fused-ring (bicyclic) bond motifs is 1. The predicted molar refractivity (Wildman–Crippen MR) is 61.4 cm³/mol. The van der Waals surface area contributed by atoms with Crippen LogP contribution in [0.25, 0.3) is 0 Å². The second-order valence-corrected chi connectivity index (χ2v) is 4.09. The number of pyridine rings is 1. The molecule has 0 saturated carbocycles. The van der Waals surface area contributed by atoms with Gasteiger partial charge in [0.1, 0.15) is 5.82 Å². The first-order chi connectivity index (χ1) is 7.67. The molecule has 1 N–H and O–H groups in total. The molecule has 1 aliphatic rings. The summed E-state index contributed by atoms with van der Waals surface area (Å²) in [5, 5.41) is 9.04. The molecule has 4 heteroatoms. The van der Waals surface area contributed by atoms with E-state index in [-0.39, 0.29) is 18.4 Å². The molecule has 1 aromatic heterocycles. The first-order valence-corrected chi connectivity index (χ1v) is 5.55. The zero-order valence-corrected chi connectivity index (χ0v) is 9.60. The van der Waals surface area contributed by atoms with E-state index >= 15 is 0 Å². The Labute approximate surface area is 94.9 Å². The largest absolute Gasteiger partial charge is 0.392 e. The van der Waals surface area contributed by atoms with Crippen molar-refractivity contribution in [2.75, 3.05) is 11.4 Å². The van der Waals surface area contributed by atoms with Crippen molar-refractivity contribution in [3.63, 3.8) is 0 Å². The molecule has 0 radical (unpaired) electrons. The SMILES string of the molecule is CCN1c2ncc(CO)cc2CC(=O)[C@@H]1C. The van der Waals surface area contributed by atoms with Gasteiger partial charge in [-0.1, -0.05) is 0 Å². The first kappa shape index (κ1) is 11.1. The maximum absolute atomic E-state index is 11.8. The predicted octanol–water partition coefficient (Wildman–Crippen LogP) is 0.914. The van der Waals surface area contributed by atoms with Crippen LogP contribution in [0.4, 0.5) is 5.82 Å². The minimum Gasteiger partial charge on any atom is -0.392 e. The van der Waals surface area contributed by atoms with Crippen molar-refractivity contribution in [2.24, 2.45) is 0 Å². The quantitative estimate of drug-likeness (QED) is 0.805. The average molecular weight is 220 g/mol. The van der Waals surface area contributed by atoms with E-state index in [4.69, 9.17) is 5.11 Å². The Kier molecular flexibility index (Phi) is 2.92. The lowest BCUT2D eigenvalue weighted by molar-refractivity contribution is -0.119. The average Bonchev–Trinajstić information content (AvgIpc) is 2.30. The van der Waals surface area contributed by atoms with E-state index in [0.29, 0.717) is 6.42 Å². The fraction of sp³-hybridized carbons (Fsp3) is 0.500. The minimum atomic E-state index is -0.0926. The molecular formula is C12H16N2O2. The number of Topliss-reactive ketones (excluding diaryl/α,β-unsaturated/α-hetero) is 1. The van der Waals surface area contributed by atoms with Crippen molar-refractivity contribution in [3.05, 3.63) is 23.4 Å². The van der Waals surface area contributed by atoms with Gasteiger partial charge in [-0.15, -0.1) is 0 Å². The second kappa shape index (κ2) is 4.22. The van der Waals surface area contributed by atoms with Gasteiger partial charge < -0.3 is 10.0 Å². The third-order valence-corrected chi connectivity index (χ3v) is 3.09. The van der Waals surface area contributed by atoms with Crippen LogP contribution in [0.15, 0.2) is 12.3 Å². The molecule has 16 heavy (non-hydrogen) atoms. The van der Waals surface area contributed by atoms with E-state index in [1.54, 1.807) is 6.20 Å². The van der Waals surface area contributed by atoms with Crippen LogP contribution in [0.3, 0.4) is 0 Å². The van der Waals surface area contributed by atoms with Crippen molar-refractivity contribution < 1.29 is 9.90 Å². The number of rotatable bonds is 2. The Hall–Kier alpha value is -1.42. The Morgan fingerprint density at radius 1 is 1.62 bits per heavy atom. The van der Waals surface area contributed by atoms with Gasteiger partial charge in [0.15, 0.2) is 5.78 Å². The molecule has 0 spiro atoms. The smallest absolute Gasteiger partial charge is 0.159 e. The summed E-state index contributed by atoms with van der Waals surface area (Å²) in [6.45, 7) is 4.67. The van der Waals surface area contributed by atoms with Gasteiger partial charge in [0, 0.05) is 24.7 Å². The highest BCUT2D eigenvalue weighted by atomic mass is 16.3.